The minimum atomic E-state index is -1.05. The number of nitro groups is 1. The van der Waals surface area contributed by atoms with Crippen LogP contribution in [0.5, 0.6) is 0 Å². The number of nitrogens with one attached hydrogen (secondary N) is 1. The van der Waals surface area contributed by atoms with E-state index in [1.165, 1.54) is 18.3 Å². The van der Waals surface area contributed by atoms with Crippen LogP contribution in [0.25, 0.3) is 11.3 Å². The number of carboxylic acid groups (broad SMARTS) is 1. The molecule has 1 amide bonds. The van der Waals surface area contributed by atoms with Gasteiger partial charge in [0.15, 0.2) is 12.4 Å². The van der Waals surface area contributed by atoms with Crippen LogP contribution in [0.4, 0.5) is 5.82 Å². The Balaban J connectivity index is 1.64. The molecule has 2 N–H and O–H groups in total. The van der Waals surface area contributed by atoms with Crippen LogP contribution in [-0.4, -0.2) is 37.7 Å². The second-order valence-corrected chi connectivity index (χ2v) is 5.89. The van der Waals surface area contributed by atoms with Gasteiger partial charge in [-0.05, 0) is 29.2 Å². The second-order valence-electron chi connectivity index (χ2n) is 5.89. The first kappa shape index (κ1) is 19.5. The third-order valence-electron chi connectivity index (χ3n) is 3.92. The molecular formula is C18H15N5O6. The zero-order valence-electron chi connectivity index (χ0n) is 15.1. The molecule has 0 atom stereocenters. The van der Waals surface area contributed by atoms with Gasteiger partial charge in [-0.2, -0.15) is 5.10 Å². The normalized spacial score (nSPS) is 10.9. The molecule has 0 bridgehead atoms. The van der Waals surface area contributed by atoms with Crippen LogP contribution in [0, 0.1) is 17.0 Å². The average molecular weight is 397 g/mol. The molecule has 0 aliphatic carbocycles. The zero-order chi connectivity index (χ0) is 21.0. The number of nitrogens with zero attached hydrogens (tertiary/aromatic N) is 4. The van der Waals surface area contributed by atoms with Crippen LogP contribution in [0.1, 0.15) is 21.9 Å². The largest absolute Gasteiger partial charge is 0.478 e. The fraction of sp³-hybridized carbons (Fsp3) is 0.111. The van der Waals surface area contributed by atoms with Gasteiger partial charge in [0.05, 0.1) is 11.8 Å². The van der Waals surface area contributed by atoms with E-state index in [4.69, 9.17) is 9.52 Å². The molecule has 0 spiro atoms. The number of carboxylic acids is 1. The van der Waals surface area contributed by atoms with Gasteiger partial charge in [0.1, 0.15) is 17.7 Å². The minimum absolute atomic E-state index is 0.130. The first-order chi connectivity index (χ1) is 13.8. The summed E-state index contributed by atoms with van der Waals surface area (Å²) in [7, 11) is 0. The van der Waals surface area contributed by atoms with E-state index < -0.39 is 16.8 Å². The predicted molar refractivity (Wildman–Crippen MR) is 100 cm³/mol. The van der Waals surface area contributed by atoms with Crippen molar-refractivity contribution in [3.63, 3.8) is 0 Å². The number of hydrogen-bond donors (Lipinski definition) is 2. The third-order valence-corrected chi connectivity index (χ3v) is 3.92. The van der Waals surface area contributed by atoms with Crippen LogP contribution < -0.4 is 5.43 Å². The summed E-state index contributed by atoms with van der Waals surface area (Å²) >= 11 is 0. The lowest BCUT2D eigenvalue weighted by Gasteiger charge is -2.01. The highest BCUT2D eigenvalue weighted by Crippen LogP contribution is 2.22. The number of aromatic carboxylic acids is 1. The summed E-state index contributed by atoms with van der Waals surface area (Å²) in [5.41, 5.74) is 2.97. The fourth-order valence-electron chi connectivity index (χ4n) is 2.53. The number of furan rings is 1. The summed E-state index contributed by atoms with van der Waals surface area (Å²) in [6.07, 6.45) is 2.34. The van der Waals surface area contributed by atoms with Gasteiger partial charge in [0, 0.05) is 12.5 Å². The van der Waals surface area contributed by atoms with Crippen LogP contribution >= 0.6 is 0 Å². The molecule has 0 unspecified atom stereocenters. The maximum absolute atomic E-state index is 12.0. The van der Waals surface area contributed by atoms with Gasteiger partial charge < -0.3 is 19.6 Å². The third kappa shape index (κ3) is 4.53. The summed E-state index contributed by atoms with van der Waals surface area (Å²) < 4.78 is 6.72. The maximum atomic E-state index is 12.0. The molecule has 3 aromatic rings. The second kappa shape index (κ2) is 8.17. The van der Waals surface area contributed by atoms with Crippen molar-refractivity contribution in [3.05, 3.63) is 69.9 Å². The zero-order valence-corrected chi connectivity index (χ0v) is 15.1. The Morgan fingerprint density at radius 1 is 1.38 bits per heavy atom. The number of aromatic nitrogens is 2. The fourth-order valence-corrected chi connectivity index (χ4v) is 2.53. The van der Waals surface area contributed by atoms with Crippen molar-refractivity contribution in [2.45, 2.75) is 13.5 Å². The number of amides is 1. The number of carbonyl (C=O) groups excluding carboxylic acids is 1. The SMILES string of the molecule is Cc1ncc([N+](=O)[O-])n1CC(=O)N/N=C\c1ccc(-c2cccc(C(=O)O)c2)o1. The Bertz CT molecular complexity index is 1110. The Morgan fingerprint density at radius 2 is 2.17 bits per heavy atom. The number of hydrazone groups is 1. The highest BCUT2D eigenvalue weighted by molar-refractivity contribution is 5.89. The maximum Gasteiger partial charge on any atom is 0.343 e. The molecule has 11 nitrogen and oxygen atoms in total. The summed E-state index contributed by atoms with van der Waals surface area (Å²) in [5, 5.41) is 23.7. The molecule has 0 radical (unpaired) electrons. The number of benzene rings is 1. The summed E-state index contributed by atoms with van der Waals surface area (Å²) in [5.74, 6) is -0.824. The Kier molecular flexibility index (Phi) is 5.49. The highest BCUT2D eigenvalue weighted by atomic mass is 16.6. The first-order valence-corrected chi connectivity index (χ1v) is 8.27. The Morgan fingerprint density at radius 3 is 2.90 bits per heavy atom. The monoisotopic (exact) mass is 397 g/mol. The molecule has 11 heteroatoms. The molecule has 0 aliphatic heterocycles. The lowest BCUT2D eigenvalue weighted by atomic mass is 10.1. The van der Waals surface area contributed by atoms with Gasteiger partial charge in [0.25, 0.3) is 5.91 Å². The van der Waals surface area contributed by atoms with Gasteiger partial charge in [-0.25, -0.2) is 19.8 Å². The average Bonchev–Trinajstić information content (AvgIpc) is 3.29. The Hall–Kier alpha value is -4.28. The van der Waals surface area contributed by atoms with E-state index in [-0.39, 0.29) is 17.9 Å². The molecule has 1 aromatic carbocycles. The first-order valence-electron chi connectivity index (χ1n) is 8.27. The number of rotatable bonds is 7. The number of imidazole rings is 1. The van der Waals surface area contributed by atoms with Crippen molar-refractivity contribution in [3.8, 4) is 11.3 Å². The van der Waals surface area contributed by atoms with Crippen molar-refractivity contribution >= 4 is 23.9 Å². The smallest absolute Gasteiger partial charge is 0.343 e. The van der Waals surface area contributed by atoms with Crippen molar-refractivity contribution < 1.29 is 24.0 Å². The van der Waals surface area contributed by atoms with E-state index in [0.717, 1.165) is 10.8 Å². The minimum Gasteiger partial charge on any atom is -0.478 e. The summed E-state index contributed by atoms with van der Waals surface area (Å²) in [4.78, 5) is 37.2. The quantitative estimate of drug-likeness (QED) is 0.352. The van der Waals surface area contributed by atoms with Gasteiger partial charge in [-0.1, -0.05) is 12.1 Å². The molecular weight excluding hydrogens is 382 g/mol. The van der Waals surface area contributed by atoms with E-state index in [0.29, 0.717) is 22.9 Å². The molecule has 0 saturated carbocycles. The molecule has 148 valence electrons. The number of carbonyl (C=O) groups is 2. The molecule has 2 aromatic heterocycles. The lowest BCUT2D eigenvalue weighted by molar-refractivity contribution is -0.392. The van der Waals surface area contributed by atoms with Gasteiger partial charge in [-0.3, -0.25) is 4.79 Å². The van der Waals surface area contributed by atoms with Gasteiger partial charge in [0.2, 0.25) is 0 Å². The van der Waals surface area contributed by atoms with Crippen molar-refractivity contribution in [1.82, 2.24) is 15.0 Å². The van der Waals surface area contributed by atoms with Gasteiger partial charge >= 0.3 is 11.8 Å². The molecule has 2 heterocycles. The standard InChI is InChI=1S/C18H15N5O6/c1-11-19-9-17(23(27)28)22(11)10-16(24)21-20-8-14-5-6-15(29-14)12-3-2-4-13(7-12)18(25)26/h2-9H,10H2,1H3,(H,21,24)(H,25,26)/b20-8-. The highest BCUT2D eigenvalue weighted by Gasteiger charge is 2.19. The molecule has 0 aliphatic rings. The summed E-state index contributed by atoms with van der Waals surface area (Å²) in [6, 6.07) is 9.50. The van der Waals surface area contributed by atoms with Gasteiger partial charge in [-0.15, -0.1) is 0 Å². The van der Waals surface area contributed by atoms with E-state index in [2.05, 4.69) is 15.5 Å². The van der Waals surface area contributed by atoms with E-state index in [1.54, 1.807) is 31.2 Å². The van der Waals surface area contributed by atoms with Crippen molar-refractivity contribution in [1.29, 1.82) is 0 Å². The number of hydrogen-bond acceptors (Lipinski definition) is 7. The molecule has 29 heavy (non-hydrogen) atoms. The topological polar surface area (TPSA) is 153 Å². The van der Waals surface area contributed by atoms with E-state index in [9.17, 15) is 19.7 Å². The van der Waals surface area contributed by atoms with Crippen LogP contribution in [0.15, 0.2) is 52.1 Å². The molecule has 0 saturated heterocycles. The predicted octanol–water partition coefficient (Wildman–Crippen LogP) is 2.21. The van der Waals surface area contributed by atoms with Crippen LogP contribution in [0.2, 0.25) is 0 Å². The summed E-state index contributed by atoms with van der Waals surface area (Å²) in [6.45, 7) is 1.23. The van der Waals surface area contributed by atoms with Crippen LogP contribution in [-0.2, 0) is 11.3 Å². The van der Waals surface area contributed by atoms with Crippen molar-refractivity contribution in [2.75, 3.05) is 0 Å². The van der Waals surface area contributed by atoms with E-state index in [1.807, 2.05) is 0 Å². The lowest BCUT2D eigenvalue weighted by Crippen LogP contribution is -2.24. The van der Waals surface area contributed by atoms with Crippen LogP contribution in [0.3, 0.4) is 0 Å². The number of aryl methyl sites for hydroxylation is 1. The van der Waals surface area contributed by atoms with Crippen molar-refractivity contribution in [2.24, 2.45) is 5.10 Å². The molecule has 3 rings (SSSR count). The van der Waals surface area contributed by atoms with E-state index >= 15 is 0 Å². The molecule has 0 fully saturated rings. The Labute approximate surface area is 163 Å².